The zero-order chi connectivity index (χ0) is 16.1. The number of carboxylic acids is 1. The number of anilines is 1. The lowest BCUT2D eigenvalue weighted by Crippen LogP contribution is -3.13. The Morgan fingerprint density at radius 1 is 1.36 bits per heavy atom. The van der Waals surface area contributed by atoms with Gasteiger partial charge < -0.3 is 25.2 Å². The predicted octanol–water partition coefficient (Wildman–Crippen LogP) is -1.17. The van der Waals surface area contributed by atoms with Crippen LogP contribution in [0, 0.1) is 0 Å². The number of likely N-dealkylation sites (N-methyl/N-ethyl adjacent to an activating group) is 1. The molecule has 0 saturated carbocycles. The van der Waals surface area contributed by atoms with E-state index < -0.39 is 5.97 Å². The summed E-state index contributed by atoms with van der Waals surface area (Å²) in [6.45, 7) is 3.40. The van der Waals surface area contributed by atoms with Gasteiger partial charge in [0.1, 0.15) is 11.5 Å². The molecule has 1 amide bonds. The van der Waals surface area contributed by atoms with Crippen LogP contribution in [0.5, 0.6) is 0 Å². The van der Waals surface area contributed by atoms with Gasteiger partial charge in [0.2, 0.25) is 0 Å². The Bertz CT molecular complexity index is 556. The maximum absolute atomic E-state index is 12.1. The molecule has 2 rings (SSSR count). The van der Waals surface area contributed by atoms with Gasteiger partial charge >= 0.3 is 0 Å². The number of aliphatic hydroxyl groups is 1. The molecule has 1 unspecified atom stereocenters. The minimum absolute atomic E-state index is 0.0219. The number of hydrogen-bond acceptors (Lipinski definition) is 5. The highest BCUT2D eigenvalue weighted by Gasteiger charge is 2.23. The fraction of sp³-hybridized carbons (Fsp3) is 0.600. The maximum Gasteiger partial charge on any atom is 0.280 e. The zero-order valence-electron chi connectivity index (χ0n) is 12.7. The van der Waals surface area contributed by atoms with E-state index in [1.807, 2.05) is 6.92 Å². The molecule has 0 aromatic carbocycles. The number of carbonyl (C=O) groups is 2. The molecule has 1 aliphatic carbocycles. The van der Waals surface area contributed by atoms with Gasteiger partial charge in [0.15, 0.2) is 6.54 Å². The molecule has 0 bridgehead atoms. The number of rotatable bonds is 7. The van der Waals surface area contributed by atoms with Crippen molar-refractivity contribution in [2.45, 2.75) is 32.6 Å². The number of aromatic carboxylic acids is 1. The van der Waals surface area contributed by atoms with Crippen molar-refractivity contribution in [3.63, 3.8) is 0 Å². The number of aryl methyl sites for hydroxylation is 1. The van der Waals surface area contributed by atoms with Gasteiger partial charge in [-0.3, -0.25) is 4.79 Å². The van der Waals surface area contributed by atoms with E-state index in [1.165, 1.54) is 11.3 Å². The largest absolute Gasteiger partial charge is 0.545 e. The molecule has 1 aromatic rings. The van der Waals surface area contributed by atoms with Gasteiger partial charge in [0.25, 0.3) is 5.91 Å². The van der Waals surface area contributed by atoms with Crippen LogP contribution in [0.3, 0.4) is 0 Å². The standard InChI is InChI=1S/C15H22N2O4S/c1-2-17(7-8-18)9-12(19)16-14-13(15(20)21)10-5-3-4-6-11(10)22-14/h18H,2-9H2,1H3,(H,16,19)(H,20,21). The third kappa shape index (κ3) is 3.85. The molecule has 22 heavy (non-hydrogen) atoms. The summed E-state index contributed by atoms with van der Waals surface area (Å²) >= 11 is 1.36. The number of hydrogen-bond donors (Lipinski definition) is 3. The Balaban J connectivity index is 2.13. The van der Waals surface area contributed by atoms with Crippen LogP contribution >= 0.6 is 11.3 Å². The van der Waals surface area contributed by atoms with Gasteiger partial charge in [-0.25, -0.2) is 0 Å². The first-order chi connectivity index (χ1) is 10.6. The van der Waals surface area contributed by atoms with E-state index in [9.17, 15) is 14.7 Å². The molecule has 6 nitrogen and oxygen atoms in total. The number of aliphatic hydroxyl groups excluding tert-OH is 1. The average molecular weight is 326 g/mol. The van der Waals surface area contributed by atoms with Crippen molar-refractivity contribution in [1.29, 1.82) is 0 Å². The summed E-state index contributed by atoms with van der Waals surface area (Å²) in [6, 6.07) is 0. The maximum atomic E-state index is 12.1. The molecule has 7 heteroatoms. The zero-order valence-corrected chi connectivity index (χ0v) is 13.6. The van der Waals surface area contributed by atoms with Crippen LogP contribution in [0.2, 0.25) is 0 Å². The minimum Gasteiger partial charge on any atom is -0.545 e. The van der Waals surface area contributed by atoms with Gasteiger partial charge in [-0.1, -0.05) is 0 Å². The predicted molar refractivity (Wildman–Crippen MR) is 82.2 cm³/mol. The van der Waals surface area contributed by atoms with Gasteiger partial charge in [-0.2, -0.15) is 0 Å². The molecule has 0 radical (unpaired) electrons. The van der Waals surface area contributed by atoms with Crippen molar-refractivity contribution in [2.24, 2.45) is 0 Å². The Labute approximate surface area is 133 Å². The number of carbonyl (C=O) groups excluding carboxylic acids is 2. The summed E-state index contributed by atoms with van der Waals surface area (Å²) in [5.41, 5.74) is 0.995. The van der Waals surface area contributed by atoms with Crippen molar-refractivity contribution in [2.75, 3.05) is 31.6 Å². The van der Waals surface area contributed by atoms with Crippen LogP contribution < -0.4 is 15.3 Å². The highest BCUT2D eigenvalue weighted by molar-refractivity contribution is 7.17. The van der Waals surface area contributed by atoms with Gasteiger partial charge in [0, 0.05) is 10.4 Å². The van der Waals surface area contributed by atoms with E-state index in [0.717, 1.165) is 47.6 Å². The van der Waals surface area contributed by atoms with Crippen LogP contribution in [0.15, 0.2) is 0 Å². The van der Waals surface area contributed by atoms with Crippen molar-refractivity contribution in [3.8, 4) is 0 Å². The second-order valence-electron chi connectivity index (χ2n) is 5.50. The summed E-state index contributed by atoms with van der Waals surface area (Å²) in [4.78, 5) is 25.6. The highest BCUT2D eigenvalue weighted by Crippen LogP contribution is 2.37. The SMILES string of the molecule is CC[NH+](CCO)CC(=O)Nc1sc2c(c1C(=O)[O-])CCCC2. The molecule has 0 aliphatic heterocycles. The first-order valence-electron chi connectivity index (χ1n) is 7.67. The lowest BCUT2D eigenvalue weighted by molar-refractivity contribution is -0.890. The molecular formula is C15H22N2O4S. The van der Waals surface area contributed by atoms with E-state index in [1.54, 1.807) is 0 Å². The average Bonchev–Trinajstić information content (AvgIpc) is 2.84. The third-order valence-corrected chi connectivity index (χ3v) is 5.21. The van der Waals surface area contributed by atoms with Crippen LogP contribution in [-0.4, -0.2) is 43.2 Å². The quantitative estimate of drug-likeness (QED) is 0.588. The molecule has 3 N–H and O–H groups in total. The van der Waals surface area contributed by atoms with Crippen LogP contribution in [0.1, 0.15) is 40.6 Å². The molecular weight excluding hydrogens is 304 g/mol. The van der Waals surface area contributed by atoms with E-state index >= 15 is 0 Å². The number of quaternary nitrogens is 1. The second kappa shape index (κ2) is 7.71. The molecule has 1 atom stereocenters. The molecule has 1 aliphatic rings. The van der Waals surface area contributed by atoms with Gasteiger partial charge in [-0.05, 0) is 38.2 Å². The van der Waals surface area contributed by atoms with Crippen molar-refractivity contribution >= 4 is 28.2 Å². The molecule has 122 valence electrons. The Kier molecular flexibility index (Phi) is 5.93. The normalized spacial score (nSPS) is 15.2. The van der Waals surface area contributed by atoms with Crippen molar-refractivity contribution in [3.05, 3.63) is 16.0 Å². The van der Waals surface area contributed by atoms with Gasteiger partial charge in [0.05, 0.1) is 19.1 Å². The summed E-state index contributed by atoms with van der Waals surface area (Å²) in [7, 11) is 0. The van der Waals surface area contributed by atoms with Crippen LogP contribution in [0.4, 0.5) is 5.00 Å². The molecule has 0 fully saturated rings. The van der Waals surface area contributed by atoms with Gasteiger partial charge in [-0.15, -0.1) is 11.3 Å². The van der Waals surface area contributed by atoms with E-state index in [0.29, 0.717) is 11.5 Å². The lowest BCUT2D eigenvalue weighted by atomic mass is 9.95. The van der Waals surface area contributed by atoms with Crippen molar-refractivity contribution in [1.82, 2.24) is 0 Å². The molecule has 0 spiro atoms. The Morgan fingerprint density at radius 2 is 2.09 bits per heavy atom. The first kappa shape index (κ1) is 16.9. The lowest BCUT2D eigenvalue weighted by Gasteiger charge is -2.16. The monoisotopic (exact) mass is 326 g/mol. The van der Waals surface area contributed by atoms with E-state index in [-0.39, 0.29) is 24.6 Å². The van der Waals surface area contributed by atoms with Crippen LogP contribution in [-0.2, 0) is 17.6 Å². The number of carboxylic acid groups (broad SMARTS) is 1. The molecule has 1 heterocycles. The summed E-state index contributed by atoms with van der Waals surface area (Å²) in [6.07, 6.45) is 3.63. The minimum atomic E-state index is -1.22. The van der Waals surface area contributed by atoms with E-state index in [2.05, 4.69) is 5.32 Å². The molecule has 1 aromatic heterocycles. The smallest absolute Gasteiger partial charge is 0.280 e. The van der Waals surface area contributed by atoms with Crippen molar-refractivity contribution < 1.29 is 24.7 Å². The third-order valence-electron chi connectivity index (χ3n) is 4.00. The topological polar surface area (TPSA) is 93.9 Å². The Morgan fingerprint density at radius 3 is 2.73 bits per heavy atom. The van der Waals surface area contributed by atoms with E-state index in [4.69, 9.17) is 5.11 Å². The number of thiophene rings is 1. The Hall–Kier alpha value is -1.44. The molecule has 0 saturated heterocycles. The fourth-order valence-electron chi connectivity index (χ4n) is 2.82. The summed E-state index contributed by atoms with van der Waals surface area (Å²) in [5.74, 6) is -1.45. The fourth-order valence-corrected chi connectivity index (χ4v) is 4.11. The summed E-state index contributed by atoms with van der Waals surface area (Å²) < 4.78 is 0. The van der Waals surface area contributed by atoms with Crippen LogP contribution in [0.25, 0.3) is 0 Å². The first-order valence-corrected chi connectivity index (χ1v) is 8.48. The highest BCUT2D eigenvalue weighted by atomic mass is 32.1. The number of amides is 1. The summed E-state index contributed by atoms with van der Waals surface area (Å²) in [5, 5.41) is 23.5. The number of fused-ring (bicyclic) bond motifs is 1. The second-order valence-corrected chi connectivity index (χ2v) is 6.61. The number of nitrogens with one attached hydrogen (secondary N) is 2.